The first kappa shape index (κ1) is 22.0. The van der Waals surface area contributed by atoms with Gasteiger partial charge in [-0.25, -0.2) is 17.2 Å². The van der Waals surface area contributed by atoms with E-state index in [1.165, 1.54) is 0 Å². The third-order valence-corrected chi connectivity index (χ3v) is 6.72. The van der Waals surface area contributed by atoms with Crippen LogP contribution in [-0.2, 0) is 14.8 Å². The van der Waals surface area contributed by atoms with Crippen molar-refractivity contribution in [2.75, 3.05) is 11.9 Å². The predicted octanol–water partition coefficient (Wildman–Crippen LogP) is 4.01. The highest BCUT2D eigenvalue weighted by Gasteiger charge is 2.32. The van der Waals surface area contributed by atoms with Crippen molar-refractivity contribution in [2.24, 2.45) is 0 Å². The molecular formula is C20H24F2N2O3S. The molecule has 0 spiro atoms. The highest BCUT2D eigenvalue weighted by molar-refractivity contribution is 7.89. The Morgan fingerprint density at radius 2 is 1.86 bits per heavy atom. The van der Waals surface area contributed by atoms with Crippen molar-refractivity contribution in [1.82, 2.24) is 4.31 Å². The molecule has 0 bridgehead atoms. The Bertz CT molecular complexity index is 977. The molecule has 0 saturated carbocycles. The minimum atomic E-state index is -4.41. The van der Waals surface area contributed by atoms with Crippen LogP contribution in [0.3, 0.4) is 0 Å². The van der Waals surface area contributed by atoms with Gasteiger partial charge in [0.2, 0.25) is 15.9 Å². The molecule has 0 heterocycles. The van der Waals surface area contributed by atoms with Crippen LogP contribution in [0, 0.1) is 25.5 Å². The Hall–Kier alpha value is -2.32. The van der Waals surface area contributed by atoms with Crippen LogP contribution in [0.25, 0.3) is 0 Å². The second-order valence-corrected chi connectivity index (χ2v) is 8.54. The summed E-state index contributed by atoms with van der Waals surface area (Å²) in [5, 5.41) is 2.70. The third kappa shape index (κ3) is 4.74. The molecule has 8 heteroatoms. The van der Waals surface area contributed by atoms with E-state index in [9.17, 15) is 22.0 Å². The first-order valence-electron chi connectivity index (χ1n) is 8.90. The second kappa shape index (κ2) is 8.79. The number of halogens is 2. The van der Waals surface area contributed by atoms with Gasteiger partial charge in [0.15, 0.2) is 0 Å². The fraction of sp³-hybridized carbons (Fsp3) is 0.350. The molecule has 28 heavy (non-hydrogen) atoms. The summed E-state index contributed by atoms with van der Waals surface area (Å²) in [7, 11) is -4.41. The average molecular weight is 410 g/mol. The van der Waals surface area contributed by atoms with Gasteiger partial charge in [-0.3, -0.25) is 4.79 Å². The predicted molar refractivity (Wildman–Crippen MR) is 105 cm³/mol. The smallest absolute Gasteiger partial charge is 0.246 e. The molecule has 2 aromatic carbocycles. The number of carbonyl (C=O) groups excluding carboxylic acids is 1. The quantitative estimate of drug-likeness (QED) is 0.750. The van der Waals surface area contributed by atoms with Gasteiger partial charge in [0.1, 0.15) is 16.5 Å². The van der Waals surface area contributed by atoms with E-state index in [0.717, 1.165) is 27.6 Å². The van der Waals surface area contributed by atoms with E-state index in [4.69, 9.17) is 0 Å². The zero-order valence-electron chi connectivity index (χ0n) is 16.3. The van der Waals surface area contributed by atoms with Crippen molar-refractivity contribution in [2.45, 2.75) is 45.1 Å². The lowest BCUT2D eigenvalue weighted by Crippen LogP contribution is -2.43. The highest BCUT2D eigenvalue weighted by Crippen LogP contribution is 2.24. The molecule has 2 rings (SSSR count). The summed E-state index contributed by atoms with van der Waals surface area (Å²) in [5.74, 6) is -2.50. The molecule has 0 aliphatic heterocycles. The number of nitrogens with one attached hydrogen (secondary N) is 1. The summed E-state index contributed by atoms with van der Waals surface area (Å²) in [5.41, 5.74) is 2.42. The molecule has 0 aliphatic carbocycles. The van der Waals surface area contributed by atoms with E-state index in [1.54, 1.807) is 26.0 Å². The number of amides is 1. The number of carbonyl (C=O) groups is 1. The minimum absolute atomic E-state index is 0.396. The summed E-state index contributed by atoms with van der Waals surface area (Å²) in [6.07, 6.45) is 0.396. The van der Waals surface area contributed by atoms with E-state index < -0.39 is 45.0 Å². The van der Waals surface area contributed by atoms with Gasteiger partial charge in [-0.2, -0.15) is 4.31 Å². The number of anilines is 1. The van der Waals surface area contributed by atoms with E-state index in [0.29, 0.717) is 18.2 Å². The molecule has 0 aliphatic rings. The molecule has 0 aromatic heterocycles. The van der Waals surface area contributed by atoms with Crippen molar-refractivity contribution in [3.8, 4) is 0 Å². The van der Waals surface area contributed by atoms with Crippen molar-refractivity contribution in [3.63, 3.8) is 0 Å². The van der Waals surface area contributed by atoms with Crippen LogP contribution in [0.15, 0.2) is 41.3 Å². The van der Waals surface area contributed by atoms with E-state index in [-0.39, 0.29) is 0 Å². The van der Waals surface area contributed by atoms with E-state index in [1.807, 2.05) is 19.9 Å². The zero-order chi connectivity index (χ0) is 21.1. The van der Waals surface area contributed by atoms with Crippen LogP contribution in [0.2, 0.25) is 0 Å². The monoisotopic (exact) mass is 410 g/mol. The van der Waals surface area contributed by atoms with Gasteiger partial charge in [-0.15, -0.1) is 0 Å². The molecule has 1 atom stereocenters. The van der Waals surface area contributed by atoms with Crippen LogP contribution in [0.4, 0.5) is 14.5 Å². The fourth-order valence-corrected chi connectivity index (χ4v) is 4.44. The molecule has 152 valence electrons. The van der Waals surface area contributed by atoms with E-state index in [2.05, 4.69) is 5.32 Å². The molecule has 0 fully saturated rings. The maximum atomic E-state index is 14.1. The molecule has 1 amide bonds. The Kier molecular flexibility index (Phi) is 6.90. The van der Waals surface area contributed by atoms with Crippen molar-refractivity contribution in [3.05, 3.63) is 59.2 Å². The van der Waals surface area contributed by atoms with Crippen LogP contribution in [-0.4, -0.2) is 31.2 Å². The molecule has 5 nitrogen and oxygen atoms in total. The maximum absolute atomic E-state index is 14.1. The normalized spacial score (nSPS) is 12.8. The Morgan fingerprint density at radius 1 is 1.18 bits per heavy atom. The lowest BCUT2D eigenvalue weighted by Gasteiger charge is -2.27. The number of aryl methyl sites for hydroxylation is 1. The Balaban J connectivity index is 2.34. The topological polar surface area (TPSA) is 66.5 Å². The van der Waals surface area contributed by atoms with E-state index >= 15 is 0 Å². The number of rotatable bonds is 7. The van der Waals surface area contributed by atoms with Crippen LogP contribution in [0.1, 0.15) is 31.4 Å². The van der Waals surface area contributed by atoms with Crippen molar-refractivity contribution < 1.29 is 22.0 Å². The zero-order valence-corrected chi connectivity index (χ0v) is 17.1. The maximum Gasteiger partial charge on any atom is 0.246 e. The summed E-state index contributed by atoms with van der Waals surface area (Å²) in [6, 6.07) is 7.04. The largest absolute Gasteiger partial charge is 0.325 e. The fourth-order valence-electron chi connectivity index (χ4n) is 2.70. The first-order chi connectivity index (χ1) is 13.1. The summed E-state index contributed by atoms with van der Waals surface area (Å²) in [4.78, 5) is 11.8. The van der Waals surface area contributed by atoms with Crippen molar-refractivity contribution >= 4 is 21.6 Å². The van der Waals surface area contributed by atoms with Gasteiger partial charge >= 0.3 is 0 Å². The van der Waals surface area contributed by atoms with Gasteiger partial charge in [0.25, 0.3) is 0 Å². The minimum Gasteiger partial charge on any atom is -0.325 e. The van der Waals surface area contributed by atoms with Gasteiger partial charge in [-0.05, 0) is 62.6 Å². The Labute approximate surface area is 164 Å². The van der Waals surface area contributed by atoms with Crippen LogP contribution >= 0.6 is 0 Å². The molecule has 0 radical (unpaired) electrons. The summed E-state index contributed by atoms with van der Waals surface area (Å²) < 4.78 is 54.4. The number of nitrogens with zero attached hydrogens (tertiary/aromatic N) is 1. The molecule has 1 unspecified atom stereocenters. The first-order valence-corrected chi connectivity index (χ1v) is 10.3. The Morgan fingerprint density at radius 3 is 2.50 bits per heavy atom. The van der Waals surface area contributed by atoms with Gasteiger partial charge in [0, 0.05) is 11.7 Å². The number of benzene rings is 2. The second-order valence-electron chi connectivity index (χ2n) is 6.68. The number of hydrogen-bond donors (Lipinski definition) is 1. The summed E-state index contributed by atoms with van der Waals surface area (Å²) >= 11 is 0. The molecular weight excluding hydrogens is 386 g/mol. The highest BCUT2D eigenvalue weighted by atomic mass is 32.2. The van der Waals surface area contributed by atoms with Gasteiger partial charge in [0.05, 0.1) is 6.54 Å². The lowest BCUT2D eigenvalue weighted by molar-refractivity contribution is -0.116. The van der Waals surface area contributed by atoms with Crippen LogP contribution < -0.4 is 5.32 Å². The molecule has 2 aromatic rings. The number of hydrogen-bond acceptors (Lipinski definition) is 3. The van der Waals surface area contributed by atoms with Crippen LogP contribution in [0.5, 0.6) is 0 Å². The average Bonchev–Trinajstić information content (AvgIpc) is 2.64. The van der Waals surface area contributed by atoms with Gasteiger partial charge in [-0.1, -0.05) is 19.1 Å². The number of sulfonamides is 1. The molecule has 1 N–H and O–H groups in total. The summed E-state index contributed by atoms with van der Waals surface area (Å²) in [6.45, 7) is 6.59. The third-order valence-electron chi connectivity index (χ3n) is 4.74. The lowest BCUT2D eigenvalue weighted by atomic mass is 10.1. The SMILES string of the molecule is CCC(C)N(CC(=O)Nc1cccc(C)c1C)S(=O)(=O)c1cc(F)ccc1F. The standard InChI is InChI=1S/C20H24F2N2O3S/c1-5-14(3)24(28(26,27)19-11-16(21)9-10-17(19)22)12-20(25)23-18-8-6-7-13(2)15(18)4/h6-11,14H,5,12H2,1-4H3,(H,23,25). The van der Waals surface area contributed by atoms with Gasteiger partial charge < -0.3 is 5.32 Å². The van der Waals surface area contributed by atoms with Crippen molar-refractivity contribution in [1.29, 1.82) is 0 Å². The molecule has 0 saturated heterocycles.